The van der Waals surface area contributed by atoms with Crippen LogP contribution in [0.4, 0.5) is 0 Å². The van der Waals surface area contributed by atoms with E-state index in [9.17, 15) is 0 Å². The number of aryl methyl sites for hydroxylation is 2. The van der Waals surface area contributed by atoms with E-state index in [-0.39, 0.29) is 13.2 Å². The van der Waals surface area contributed by atoms with Crippen LogP contribution in [0.25, 0.3) is 36.4 Å². The molecular formula is C51H45BN4O4S2. The SMILES string of the molecule is C#Cc1ccc(-c2nc3sc(-c4ccc(C#Cc5ccc(/C(=C6/N=C(C)C=C6C)c6c(C)cc(C)n6B(C#CCOCCOC)C#CCOCCOC)cc5)cc4)nc3s2)cc1. The molecule has 3 aromatic carbocycles. The van der Waals surface area contributed by atoms with E-state index in [4.69, 9.17) is 40.3 Å². The first-order valence-corrected chi connectivity index (χ1v) is 21.7. The maximum atomic E-state index is 5.68. The number of ether oxygens (including phenoxy) is 4. The van der Waals surface area contributed by atoms with Crippen LogP contribution < -0.4 is 0 Å². The van der Waals surface area contributed by atoms with Crippen LogP contribution in [0, 0.1) is 61.5 Å². The lowest BCUT2D eigenvalue weighted by Crippen LogP contribution is -2.26. The van der Waals surface area contributed by atoms with Crippen LogP contribution >= 0.6 is 22.7 Å². The molecule has 6 aromatic rings. The van der Waals surface area contributed by atoms with Gasteiger partial charge in [0, 0.05) is 64.7 Å². The zero-order valence-corrected chi connectivity index (χ0v) is 37.4. The number of rotatable bonds is 13. The second-order valence-corrected chi connectivity index (χ2v) is 16.4. The molecule has 1 aliphatic rings. The van der Waals surface area contributed by atoms with Crippen LogP contribution in [0.5, 0.6) is 0 Å². The molecule has 0 saturated heterocycles. The van der Waals surface area contributed by atoms with E-state index in [0.717, 1.165) is 92.6 Å². The minimum atomic E-state index is -0.473. The summed E-state index contributed by atoms with van der Waals surface area (Å²) in [5.41, 5.74) is 12.8. The molecule has 0 atom stereocenters. The maximum absolute atomic E-state index is 5.68. The Kier molecular flexibility index (Phi) is 14.9. The summed E-state index contributed by atoms with van der Waals surface area (Å²) in [5.74, 6) is 22.6. The van der Waals surface area contributed by atoms with Crippen molar-refractivity contribution in [2.75, 3.05) is 53.9 Å². The van der Waals surface area contributed by atoms with Gasteiger partial charge in [-0.25, -0.2) is 9.97 Å². The van der Waals surface area contributed by atoms with Gasteiger partial charge in [-0.15, -0.1) is 18.1 Å². The van der Waals surface area contributed by atoms with E-state index in [2.05, 4.69) is 115 Å². The van der Waals surface area contributed by atoms with Gasteiger partial charge in [-0.05, 0) is 92.9 Å². The Labute approximate surface area is 372 Å². The Morgan fingerprint density at radius 2 is 1.21 bits per heavy atom. The topological polar surface area (TPSA) is 80.0 Å². The fraction of sp³-hybridized carbons (Fsp3) is 0.235. The van der Waals surface area contributed by atoms with Crippen LogP contribution in [0.15, 0.2) is 101 Å². The number of benzene rings is 3. The van der Waals surface area contributed by atoms with Gasteiger partial charge >= 0.3 is 6.85 Å². The first-order valence-electron chi connectivity index (χ1n) is 20.1. The number of thiazole rings is 2. The van der Waals surface area contributed by atoms with Crippen LogP contribution in [-0.4, -0.2) is 80.9 Å². The predicted octanol–water partition coefficient (Wildman–Crippen LogP) is 9.32. The highest BCUT2D eigenvalue weighted by Crippen LogP contribution is 2.38. The molecule has 0 N–H and O–H groups in total. The lowest BCUT2D eigenvalue weighted by Gasteiger charge is -2.19. The lowest BCUT2D eigenvalue weighted by atomic mass is 9.63. The van der Waals surface area contributed by atoms with Crippen molar-refractivity contribution in [3.63, 3.8) is 0 Å². The van der Waals surface area contributed by atoms with Crippen LogP contribution in [0.1, 0.15) is 53.1 Å². The first kappa shape index (κ1) is 43.8. The third-order valence-corrected chi connectivity index (χ3v) is 12.0. The molecule has 0 bridgehead atoms. The molecule has 0 spiro atoms. The summed E-state index contributed by atoms with van der Waals surface area (Å²) in [6.07, 6.45) is 7.64. The van der Waals surface area contributed by atoms with Gasteiger partial charge in [0.1, 0.15) is 23.2 Å². The van der Waals surface area contributed by atoms with Gasteiger partial charge in [0.15, 0.2) is 9.66 Å². The van der Waals surface area contributed by atoms with E-state index in [1.54, 1.807) is 36.9 Å². The van der Waals surface area contributed by atoms with Gasteiger partial charge in [-0.1, -0.05) is 88.7 Å². The number of terminal acetylenes is 1. The van der Waals surface area contributed by atoms with Crippen molar-refractivity contribution < 1.29 is 18.9 Å². The summed E-state index contributed by atoms with van der Waals surface area (Å²) in [7, 11) is 3.30. The summed E-state index contributed by atoms with van der Waals surface area (Å²) in [6, 6.07) is 26.6. The molecule has 8 nitrogen and oxygen atoms in total. The number of aromatic nitrogens is 3. The number of allylic oxidation sites excluding steroid dienone is 2. The fourth-order valence-electron chi connectivity index (χ4n) is 6.92. The highest BCUT2D eigenvalue weighted by molar-refractivity contribution is 7.29. The van der Waals surface area contributed by atoms with Gasteiger partial charge in [0.05, 0.1) is 32.1 Å². The molecule has 62 heavy (non-hydrogen) atoms. The van der Waals surface area contributed by atoms with Gasteiger partial charge in [0.2, 0.25) is 0 Å². The van der Waals surface area contributed by atoms with Crippen molar-refractivity contribution in [2.45, 2.75) is 27.7 Å². The molecule has 0 unspecified atom stereocenters. The van der Waals surface area contributed by atoms with Crippen molar-refractivity contribution in [1.29, 1.82) is 0 Å². The van der Waals surface area contributed by atoms with Gasteiger partial charge < -0.3 is 23.4 Å². The minimum Gasteiger partial charge on any atom is -0.382 e. The first-order chi connectivity index (χ1) is 30.3. The van der Waals surface area contributed by atoms with Crippen LogP contribution in [-0.2, 0) is 18.9 Å². The van der Waals surface area contributed by atoms with Crippen LogP contribution in [0.2, 0.25) is 0 Å². The summed E-state index contributed by atoms with van der Waals surface area (Å²) in [4.78, 5) is 16.7. The molecular weight excluding hydrogens is 808 g/mol. The molecule has 0 saturated carbocycles. The predicted molar refractivity (Wildman–Crippen MR) is 255 cm³/mol. The summed E-state index contributed by atoms with van der Waals surface area (Å²) in [5, 5.41) is 1.87. The van der Waals surface area contributed by atoms with E-state index in [1.165, 1.54) is 0 Å². The summed E-state index contributed by atoms with van der Waals surface area (Å²) in [6.45, 7) is 10.3. The third-order valence-electron chi connectivity index (χ3n) is 9.86. The number of aliphatic imine (C=N–C) groups is 1. The van der Waals surface area contributed by atoms with Gasteiger partial charge in [-0.3, -0.25) is 4.99 Å². The lowest BCUT2D eigenvalue weighted by molar-refractivity contribution is 0.0877. The monoisotopic (exact) mass is 852 g/mol. The summed E-state index contributed by atoms with van der Waals surface area (Å²) >= 11 is 3.18. The number of nitrogens with zero attached hydrogens (tertiary/aromatic N) is 4. The number of methoxy groups -OCH3 is 2. The van der Waals surface area contributed by atoms with Gasteiger partial charge in [0.25, 0.3) is 0 Å². The Balaban J connectivity index is 1.14. The molecule has 0 amide bonds. The number of fused-ring (bicyclic) bond motifs is 1. The quantitative estimate of drug-likeness (QED) is 0.0655. The highest BCUT2D eigenvalue weighted by atomic mass is 32.1. The Hall–Kier alpha value is -6.25. The largest absolute Gasteiger partial charge is 0.433 e. The Morgan fingerprint density at radius 3 is 1.69 bits per heavy atom. The maximum Gasteiger partial charge on any atom is 0.433 e. The molecule has 0 fully saturated rings. The van der Waals surface area contributed by atoms with Crippen molar-refractivity contribution >= 4 is 50.5 Å². The normalized spacial score (nSPS) is 12.7. The zero-order chi connectivity index (χ0) is 43.4. The molecule has 0 radical (unpaired) electrons. The molecule has 4 heterocycles. The van der Waals surface area contributed by atoms with Crippen molar-refractivity contribution in [1.82, 2.24) is 14.4 Å². The fourth-order valence-corrected chi connectivity index (χ4v) is 8.97. The Bertz CT molecular complexity index is 2830. The van der Waals surface area contributed by atoms with E-state index >= 15 is 0 Å². The molecule has 0 aliphatic carbocycles. The third kappa shape index (κ3) is 10.6. The molecule has 7 rings (SSSR count). The van der Waals surface area contributed by atoms with Crippen molar-refractivity contribution in [2.24, 2.45) is 4.99 Å². The second kappa shape index (κ2) is 21.0. The second-order valence-electron chi connectivity index (χ2n) is 14.4. The minimum absolute atomic E-state index is 0.265. The molecule has 308 valence electrons. The summed E-state index contributed by atoms with van der Waals surface area (Å²) < 4.78 is 23.8. The molecule has 3 aromatic heterocycles. The van der Waals surface area contributed by atoms with Crippen molar-refractivity contribution in [3.05, 3.63) is 135 Å². The highest BCUT2D eigenvalue weighted by Gasteiger charge is 2.27. The molecule has 1 aliphatic heterocycles. The van der Waals surface area contributed by atoms with E-state index in [1.807, 2.05) is 43.3 Å². The molecule has 11 heteroatoms. The average Bonchev–Trinajstić information content (AvgIpc) is 4.04. The number of hydrogen-bond donors (Lipinski definition) is 0. The van der Waals surface area contributed by atoms with E-state index in [0.29, 0.717) is 26.4 Å². The van der Waals surface area contributed by atoms with E-state index < -0.39 is 6.85 Å². The van der Waals surface area contributed by atoms with Crippen molar-refractivity contribution in [3.8, 4) is 68.8 Å². The Morgan fingerprint density at radius 1 is 0.694 bits per heavy atom. The van der Waals surface area contributed by atoms with Crippen LogP contribution in [0.3, 0.4) is 0 Å². The zero-order valence-electron chi connectivity index (χ0n) is 35.7. The average molecular weight is 853 g/mol. The standard InChI is InChI=1S/C51H45BN4O4S2/c1-8-39-13-21-43(22-14-39)48-54-50-51(61-48)55-49(62-50)44-23-17-41(18-24-44)12-11-40-15-19-42(20-16-40)45(46-35(2)33-37(4)53-46)47-36(3)34-38(5)56(47)52(25-9-27-59-31-29-57-6)26-10-28-60-32-30-58-7/h1,13-24,33-34H,27-32H2,2-7H3/b46-45-. The number of hydrogen-bond acceptors (Lipinski definition) is 9. The van der Waals surface area contributed by atoms with Gasteiger partial charge in [-0.2, -0.15) is 0 Å². The smallest absolute Gasteiger partial charge is 0.382 e.